The van der Waals surface area contributed by atoms with Gasteiger partial charge in [-0.2, -0.15) is 0 Å². The van der Waals surface area contributed by atoms with Crippen LogP contribution in [-0.4, -0.2) is 14.5 Å². The number of unbranched alkanes of at least 4 members (excludes halogenated alkanes) is 4. The molecule has 0 spiro atoms. The van der Waals surface area contributed by atoms with E-state index in [9.17, 15) is 0 Å². The van der Waals surface area contributed by atoms with E-state index in [1.165, 1.54) is 37.6 Å². The van der Waals surface area contributed by atoms with Crippen LogP contribution in [0.5, 0.6) is 0 Å². The lowest BCUT2D eigenvalue weighted by molar-refractivity contribution is 0.569. The van der Waals surface area contributed by atoms with Gasteiger partial charge < -0.3 is 10.3 Å². The molecule has 0 amide bonds. The van der Waals surface area contributed by atoms with Crippen LogP contribution in [0.3, 0.4) is 0 Å². The van der Waals surface area contributed by atoms with Gasteiger partial charge in [0.2, 0.25) is 0 Å². The molecule has 4 nitrogen and oxygen atoms in total. The molecule has 0 atom stereocenters. The number of rotatable bonds is 8. The Morgan fingerprint density at radius 2 is 1.75 bits per heavy atom. The summed E-state index contributed by atoms with van der Waals surface area (Å²) >= 11 is 0. The zero-order chi connectivity index (χ0) is 16.9. The summed E-state index contributed by atoms with van der Waals surface area (Å²) in [6.45, 7) is 5.49. The van der Waals surface area contributed by atoms with Gasteiger partial charge in [-0.25, -0.2) is 9.97 Å². The number of pyridine rings is 1. The van der Waals surface area contributed by atoms with Crippen molar-refractivity contribution >= 4 is 27.8 Å². The number of anilines is 1. The van der Waals surface area contributed by atoms with E-state index in [0.29, 0.717) is 5.82 Å². The molecule has 0 unspecified atom stereocenters. The van der Waals surface area contributed by atoms with E-state index in [0.717, 1.165) is 41.6 Å². The molecule has 0 aliphatic heterocycles. The van der Waals surface area contributed by atoms with Crippen LogP contribution < -0.4 is 5.73 Å². The Labute approximate surface area is 144 Å². The molecular formula is C20H28N4. The maximum atomic E-state index is 6.22. The van der Waals surface area contributed by atoms with E-state index in [1.807, 2.05) is 12.1 Å². The lowest BCUT2D eigenvalue weighted by atomic mass is 10.1. The van der Waals surface area contributed by atoms with E-state index in [-0.39, 0.29) is 0 Å². The molecule has 0 aliphatic carbocycles. The molecule has 24 heavy (non-hydrogen) atoms. The molecule has 2 aromatic heterocycles. The van der Waals surface area contributed by atoms with Crippen LogP contribution in [0.15, 0.2) is 24.3 Å². The van der Waals surface area contributed by atoms with Crippen molar-refractivity contribution in [3.8, 4) is 0 Å². The third kappa shape index (κ3) is 3.23. The van der Waals surface area contributed by atoms with Gasteiger partial charge in [0, 0.05) is 18.4 Å². The number of nitrogens with two attached hydrogens (primary N) is 1. The fourth-order valence-corrected chi connectivity index (χ4v) is 3.37. The summed E-state index contributed by atoms with van der Waals surface area (Å²) in [5.41, 5.74) is 9.22. The number of imidazole rings is 1. The summed E-state index contributed by atoms with van der Waals surface area (Å²) in [4.78, 5) is 9.42. The maximum absolute atomic E-state index is 6.22. The highest BCUT2D eigenvalue weighted by Crippen LogP contribution is 2.29. The number of aromatic nitrogens is 3. The van der Waals surface area contributed by atoms with Crippen molar-refractivity contribution in [2.75, 3.05) is 5.73 Å². The fraction of sp³-hybridized carbons (Fsp3) is 0.500. The minimum atomic E-state index is 0.550. The molecule has 0 bridgehead atoms. The number of hydrogen-bond donors (Lipinski definition) is 1. The highest BCUT2D eigenvalue weighted by molar-refractivity contribution is 6.06. The summed E-state index contributed by atoms with van der Waals surface area (Å²) in [5, 5.41) is 1.16. The van der Waals surface area contributed by atoms with Crippen LogP contribution in [0.1, 0.15) is 58.2 Å². The van der Waals surface area contributed by atoms with E-state index in [2.05, 4.69) is 35.5 Å². The first-order valence-corrected chi connectivity index (χ1v) is 9.29. The van der Waals surface area contributed by atoms with Gasteiger partial charge in [-0.3, -0.25) is 0 Å². The minimum absolute atomic E-state index is 0.550. The Kier molecular flexibility index (Phi) is 5.34. The van der Waals surface area contributed by atoms with Gasteiger partial charge >= 0.3 is 0 Å². The van der Waals surface area contributed by atoms with Crippen molar-refractivity contribution in [3.05, 3.63) is 30.1 Å². The monoisotopic (exact) mass is 324 g/mol. The topological polar surface area (TPSA) is 56.7 Å². The van der Waals surface area contributed by atoms with Crippen molar-refractivity contribution in [3.63, 3.8) is 0 Å². The van der Waals surface area contributed by atoms with Crippen molar-refractivity contribution in [2.45, 2.75) is 65.3 Å². The molecule has 0 saturated carbocycles. The van der Waals surface area contributed by atoms with Gasteiger partial charge in [-0.15, -0.1) is 0 Å². The molecular weight excluding hydrogens is 296 g/mol. The second kappa shape index (κ2) is 7.65. The number of benzene rings is 1. The number of nitrogen functional groups attached to an aromatic ring is 1. The summed E-state index contributed by atoms with van der Waals surface area (Å²) in [6.07, 6.45) is 8.34. The Morgan fingerprint density at radius 3 is 2.54 bits per heavy atom. The third-order valence-corrected chi connectivity index (χ3v) is 4.68. The van der Waals surface area contributed by atoms with Gasteiger partial charge in [0.15, 0.2) is 5.82 Å². The lowest BCUT2D eigenvalue weighted by Crippen LogP contribution is -2.05. The zero-order valence-electron chi connectivity index (χ0n) is 14.9. The van der Waals surface area contributed by atoms with Gasteiger partial charge in [0.25, 0.3) is 0 Å². The summed E-state index contributed by atoms with van der Waals surface area (Å²) in [6, 6.07) is 8.25. The Bertz CT molecular complexity index is 819. The van der Waals surface area contributed by atoms with Crippen LogP contribution in [0.4, 0.5) is 5.82 Å². The average molecular weight is 324 g/mol. The second-order valence-corrected chi connectivity index (χ2v) is 6.56. The van der Waals surface area contributed by atoms with Crippen molar-refractivity contribution in [1.82, 2.24) is 14.5 Å². The van der Waals surface area contributed by atoms with Gasteiger partial charge in [-0.05, 0) is 18.9 Å². The molecule has 0 radical (unpaired) electrons. The van der Waals surface area contributed by atoms with Gasteiger partial charge in [0.1, 0.15) is 11.3 Å². The van der Waals surface area contributed by atoms with E-state index >= 15 is 0 Å². The number of nitrogens with zero attached hydrogens (tertiary/aromatic N) is 3. The minimum Gasteiger partial charge on any atom is -0.382 e. The number of hydrogen-bond acceptors (Lipinski definition) is 3. The van der Waals surface area contributed by atoms with Gasteiger partial charge in [0.05, 0.1) is 11.0 Å². The number of para-hydroxylation sites is 1. The first-order valence-electron chi connectivity index (χ1n) is 9.29. The molecule has 0 saturated heterocycles. The first-order chi connectivity index (χ1) is 11.8. The highest BCUT2D eigenvalue weighted by atomic mass is 15.1. The molecule has 128 valence electrons. The summed E-state index contributed by atoms with van der Waals surface area (Å²) < 4.78 is 2.40. The maximum Gasteiger partial charge on any atom is 0.152 e. The van der Waals surface area contributed by atoms with Gasteiger partial charge in [-0.1, -0.05) is 57.7 Å². The largest absolute Gasteiger partial charge is 0.382 e. The predicted octanol–water partition coefficient (Wildman–Crippen LogP) is 5.09. The average Bonchev–Trinajstić information content (AvgIpc) is 2.96. The van der Waals surface area contributed by atoms with Crippen LogP contribution in [0, 0.1) is 0 Å². The third-order valence-electron chi connectivity index (χ3n) is 4.68. The molecule has 0 fully saturated rings. The molecule has 2 N–H and O–H groups in total. The Morgan fingerprint density at radius 1 is 0.958 bits per heavy atom. The molecule has 2 heterocycles. The fourth-order valence-electron chi connectivity index (χ4n) is 3.37. The molecule has 1 aromatic carbocycles. The van der Waals surface area contributed by atoms with E-state index < -0.39 is 0 Å². The van der Waals surface area contributed by atoms with E-state index in [4.69, 9.17) is 10.7 Å². The Balaban J connectivity index is 2.11. The van der Waals surface area contributed by atoms with Crippen LogP contribution in [-0.2, 0) is 13.0 Å². The van der Waals surface area contributed by atoms with Crippen molar-refractivity contribution in [2.24, 2.45) is 0 Å². The summed E-state index contributed by atoms with van der Waals surface area (Å²) in [7, 11) is 0. The van der Waals surface area contributed by atoms with Crippen LogP contribution >= 0.6 is 0 Å². The van der Waals surface area contributed by atoms with Crippen molar-refractivity contribution < 1.29 is 0 Å². The number of fused-ring (bicyclic) bond motifs is 3. The standard InChI is InChI=1S/C20H28N4/c1-3-5-7-10-14-24-17(13-6-4-2)23-18-19(24)15-11-8-9-12-16(15)22-20(18)21/h8-9,11-12H,3-7,10,13-14H2,1-2H3,(H2,21,22). The Hall–Kier alpha value is -2.10. The quantitative estimate of drug-likeness (QED) is 0.587. The van der Waals surface area contributed by atoms with Crippen LogP contribution in [0.25, 0.3) is 21.9 Å². The van der Waals surface area contributed by atoms with Crippen molar-refractivity contribution in [1.29, 1.82) is 0 Å². The smallest absolute Gasteiger partial charge is 0.152 e. The molecule has 0 aliphatic rings. The van der Waals surface area contributed by atoms with E-state index in [1.54, 1.807) is 0 Å². The van der Waals surface area contributed by atoms with Crippen LogP contribution in [0.2, 0.25) is 0 Å². The zero-order valence-corrected chi connectivity index (χ0v) is 14.9. The molecule has 4 heteroatoms. The first kappa shape index (κ1) is 16.7. The predicted molar refractivity (Wildman–Crippen MR) is 102 cm³/mol. The second-order valence-electron chi connectivity index (χ2n) is 6.56. The molecule has 3 rings (SSSR count). The summed E-state index contributed by atoms with van der Waals surface area (Å²) in [5.74, 6) is 1.71. The lowest BCUT2D eigenvalue weighted by Gasteiger charge is -2.10. The highest BCUT2D eigenvalue weighted by Gasteiger charge is 2.16. The molecule has 3 aromatic rings. The normalized spacial score (nSPS) is 11.6. The number of aryl methyl sites for hydroxylation is 2. The SMILES string of the molecule is CCCCCCn1c(CCCC)nc2c(N)nc3ccccc3c21.